The van der Waals surface area contributed by atoms with E-state index in [2.05, 4.69) is 31.0 Å². The number of nitrogens with zero attached hydrogens (tertiary/aromatic N) is 2. The highest BCUT2D eigenvalue weighted by molar-refractivity contribution is 7.17. The van der Waals surface area contributed by atoms with Crippen LogP contribution in [0.25, 0.3) is 10.2 Å². The number of hydrogen-bond donors (Lipinski definition) is 1. The van der Waals surface area contributed by atoms with Crippen molar-refractivity contribution in [2.45, 2.75) is 51.9 Å². The molecule has 1 N–H and O–H groups in total. The van der Waals surface area contributed by atoms with E-state index in [0.29, 0.717) is 12.3 Å². The van der Waals surface area contributed by atoms with Crippen molar-refractivity contribution in [2.75, 3.05) is 18.4 Å². The lowest BCUT2D eigenvalue weighted by Gasteiger charge is -2.40. The molecule has 6 nitrogen and oxygen atoms in total. The second-order valence-corrected chi connectivity index (χ2v) is 11.6. The molecule has 1 aliphatic rings. The first-order valence-electron chi connectivity index (χ1n) is 12.8. The molecule has 1 aliphatic heterocycles. The maximum absolute atomic E-state index is 13.0. The van der Waals surface area contributed by atoms with Crippen molar-refractivity contribution in [1.29, 1.82) is 0 Å². The van der Waals surface area contributed by atoms with E-state index in [1.54, 1.807) is 11.3 Å². The van der Waals surface area contributed by atoms with Crippen molar-refractivity contribution in [2.24, 2.45) is 7.05 Å². The van der Waals surface area contributed by atoms with E-state index in [4.69, 9.17) is 9.47 Å². The zero-order valence-corrected chi connectivity index (χ0v) is 22.8. The highest BCUT2D eigenvalue weighted by atomic mass is 32.1. The number of thiophene rings is 1. The summed E-state index contributed by atoms with van der Waals surface area (Å²) in [6.07, 6.45) is 2.33. The van der Waals surface area contributed by atoms with Crippen LogP contribution < -0.4 is 14.8 Å². The van der Waals surface area contributed by atoms with Gasteiger partial charge < -0.3 is 19.4 Å². The Bertz CT molecular complexity index is 1360. The predicted molar refractivity (Wildman–Crippen MR) is 151 cm³/mol. The first kappa shape index (κ1) is 25.4. The third-order valence-corrected chi connectivity index (χ3v) is 7.93. The SMILES string of the molecule is Cn1c(C(=O)Nc2ccccc2COc2ccc(OC3CCN(C(C)(C)C)CC3)cc2)cc2sccc21. The van der Waals surface area contributed by atoms with Gasteiger partial charge >= 0.3 is 0 Å². The Morgan fingerprint density at radius 3 is 2.43 bits per heavy atom. The minimum atomic E-state index is -0.131. The lowest BCUT2D eigenvalue weighted by atomic mass is 9.99. The number of benzene rings is 2. The zero-order valence-electron chi connectivity index (χ0n) is 22.0. The van der Waals surface area contributed by atoms with Gasteiger partial charge in [0, 0.05) is 36.9 Å². The van der Waals surface area contributed by atoms with Crippen LogP contribution in [0.2, 0.25) is 0 Å². The Morgan fingerprint density at radius 2 is 1.73 bits per heavy atom. The molecule has 3 heterocycles. The first-order valence-corrected chi connectivity index (χ1v) is 13.7. The normalized spacial score (nSPS) is 15.1. The molecule has 0 atom stereocenters. The third kappa shape index (κ3) is 5.84. The number of likely N-dealkylation sites (tertiary alicyclic amines) is 1. The van der Waals surface area contributed by atoms with Crippen LogP contribution >= 0.6 is 11.3 Å². The van der Waals surface area contributed by atoms with Gasteiger partial charge in [0.15, 0.2) is 0 Å². The number of anilines is 1. The number of amides is 1. The molecule has 0 bridgehead atoms. The summed E-state index contributed by atoms with van der Waals surface area (Å²) in [5.74, 6) is 1.50. The molecule has 2 aromatic carbocycles. The first-order chi connectivity index (χ1) is 17.8. The van der Waals surface area contributed by atoms with Crippen molar-refractivity contribution >= 4 is 33.1 Å². The van der Waals surface area contributed by atoms with Crippen LogP contribution in [0.15, 0.2) is 66.0 Å². The topological polar surface area (TPSA) is 55.7 Å². The van der Waals surface area contributed by atoms with Crippen LogP contribution in [0.4, 0.5) is 5.69 Å². The molecule has 7 heteroatoms. The number of nitrogens with one attached hydrogen (secondary N) is 1. The monoisotopic (exact) mass is 517 g/mol. The van der Waals surface area contributed by atoms with E-state index < -0.39 is 0 Å². The number of aromatic nitrogens is 1. The van der Waals surface area contributed by atoms with Crippen LogP contribution in [0.3, 0.4) is 0 Å². The highest BCUT2D eigenvalue weighted by Gasteiger charge is 2.27. The van der Waals surface area contributed by atoms with Crippen LogP contribution in [0.1, 0.15) is 49.7 Å². The molecule has 0 saturated carbocycles. The molecule has 1 saturated heterocycles. The maximum Gasteiger partial charge on any atom is 0.272 e. The van der Waals surface area contributed by atoms with Crippen LogP contribution in [-0.2, 0) is 13.7 Å². The van der Waals surface area contributed by atoms with E-state index in [0.717, 1.165) is 58.9 Å². The molecule has 4 aromatic rings. The highest BCUT2D eigenvalue weighted by Crippen LogP contribution is 2.27. The number of rotatable bonds is 7. The van der Waals surface area contributed by atoms with Crippen molar-refractivity contribution in [3.05, 3.63) is 77.3 Å². The average molecular weight is 518 g/mol. The Morgan fingerprint density at radius 1 is 1.03 bits per heavy atom. The van der Waals surface area contributed by atoms with Crippen LogP contribution in [-0.4, -0.2) is 40.1 Å². The smallest absolute Gasteiger partial charge is 0.272 e. The minimum Gasteiger partial charge on any atom is -0.490 e. The Kier molecular flexibility index (Phi) is 7.26. The summed E-state index contributed by atoms with van der Waals surface area (Å²) in [7, 11) is 1.92. The van der Waals surface area contributed by atoms with Gasteiger partial charge in [-0.15, -0.1) is 11.3 Å². The van der Waals surface area contributed by atoms with Gasteiger partial charge in [0.2, 0.25) is 0 Å². The van der Waals surface area contributed by atoms with E-state index in [1.165, 1.54) is 0 Å². The fourth-order valence-corrected chi connectivity index (χ4v) is 5.68. The van der Waals surface area contributed by atoms with Gasteiger partial charge in [0.25, 0.3) is 5.91 Å². The minimum absolute atomic E-state index is 0.131. The van der Waals surface area contributed by atoms with E-state index in [1.807, 2.05) is 77.7 Å². The van der Waals surface area contributed by atoms with Crippen molar-refractivity contribution < 1.29 is 14.3 Å². The van der Waals surface area contributed by atoms with E-state index >= 15 is 0 Å². The Balaban J connectivity index is 1.16. The standard InChI is InChI=1S/C30H35N3O3S/c1-30(2,3)33-16-13-24(14-17-33)36-23-11-9-22(10-12-23)35-20-21-7-5-6-8-25(21)31-29(34)27-19-28-26(32(27)4)15-18-37-28/h5-12,15,18-19,24H,13-14,16-17,20H2,1-4H3,(H,31,34). The number of fused-ring (bicyclic) bond motifs is 1. The quantitative estimate of drug-likeness (QED) is 0.296. The van der Waals surface area contributed by atoms with Gasteiger partial charge in [-0.05, 0) is 81.5 Å². The summed E-state index contributed by atoms with van der Waals surface area (Å²) < 4.78 is 15.3. The summed E-state index contributed by atoms with van der Waals surface area (Å²) in [4.78, 5) is 15.5. The number of aryl methyl sites for hydroxylation is 1. The fraction of sp³-hybridized carbons (Fsp3) is 0.367. The van der Waals surface area contributed by atoms with Crippen molar-refractivity contribution in [1.82, 2.24) is 9.47 Å². The number of carbonyl (C=O) groups is 1. The maximum atomic E-state index is 13.0. The molecule has 5 rings (SSSR count). The summed E-state index contributed by atoms with van der Waals surface area (Å²) in [5, 5.41) is 5.10. The summed E-state index contributed by atoms with van der Waals surface area (Å²) in [5.41, 5.74) is 3.58. The fourth-order valence-electron chi connectivity index (χ4n) is 4.83. The van der Waals surface area contributed by atoms with Gasteiger partial charge in [-0.25, -0.2) is 0 Å². The average Bonchev–Trinajstić information content (AvgIpc) is 3.47. The second kappa shape index (κ2) is 10.6. The molecule has 0 radical (unpaired) electrons. The molecule has 0 unspecified atom stereocenters. The number of carbonyl (C=O) groups excluding carboxylic acids is 1. The number of para-hydroxylation sites is 1. The molecule has 2 aromatic heterocycles. The number of piperidine rings is 1. The predicted octanol–water partition coefficient (Wildman–Crippen LogP) is 6.71. The van der Waals surface area contributed by atoms with E-state index in [-0.39, 0.29) is 17.6 Å². The van der Waals surface area contributed by atoms with Crippen LogP contribution in [0.5, 0.6) is 11.5 Å². The summed E-state index contributed by atoms with van der Waals surface area (Å²) in [6.45, 7) is 9.28. The molecule has 0 aliphatic carbocycles. The van der Waals surface area contributed by atoms with Gasteiger partial charge in [-0.3, -0.25) is 9.69 Å². The largest absolute Gasteiger partial charge is 0.490 e. The number of ether oxygens (including phenoxy) is 2. The van der Waals surface area contributed by atoms with Gasteiger partial charge in [0.1, 0.15) is 29.9 Å². The molecular weight excluding hydrogens is 482 g/mol. The summed E-state index contributed by atoms with van der Waals surface area (Å²) >= 11 is 1.63. The van der Waals surface area contributed by atoms with Crippen molar-refractivity contribution in [3.63, 3.8) is 0 Å². The van der Waals surface area contributed by atoms with Gasteiger partial charge in [-0.1, -0.05) is 18.2 Å². The molecule has 1 fully saturated rings. The van der Waals surface area contributed by atoms with Crippen molar-refractivity contribution in [3.8, 4) is 11.5 Å². The Labute approximate surface area is 222 Å². The molecule has 194 valence electrons. The molecule has 37 heavy (non-hydrogen) atoms. The lowest BCUT2D eigenvalue weighted by molar-refractivity contribution is 0.0491. The zero-order chi connectivity index (χ0) is 26.0. The van der Waals surface area contributed by atoms with Gasteiger partial charge in [-0.2, -0.15) is 0 Å². The van der Waals surface area contributed by atoms with E-state index in [9.17, 15) is 4.79 Å². The molecular formula is C30H35N3O3S. The third-order valence-electron chi connectivity index (χ3n) is 7.07. The Hall–Kier alpha value is -3.29. The van der Waals surface area contributed by atoms with Crippen LogP contribution in [0, 0.1) is 0 Å². The molecule has 1 amide bonds. The number of hydrogen-bond acceptors (Lipinski definition) is 5. The van der Waals surface area contributed by atoms with Gasteiger partial charge in [0.05, 0.1) is 10.2 Å². The molecule has 0 spiro atoms. The second-order valence-electron chi connectivity index (χ2n) is 10.6. The lowest BCUT2D eigenvalue weighted by Crippen LogP contribution is -2.48. The summed E-state index contributed by atoms with van der Waals surface area (Å²) in [6, 6.07) is 19.5.